The smallest absolute Gasteiger partial charge is 0.416 e. The van der Waals surface area contributed by atoms with Gasteiger partial charge in [0.25, 0.3) is 0 Å². The van der Waals surface area contributed by atoms with Crippen LogP contribution in [0.5, 0.6) is 11.5 Å². The summed E-state index contributed by atoms with van der Waals surface area (Å²) in [4.78, 5) is 34.7. The van der Waals surface area contributed by atoms with E-state index in [1.54, 1.807) is 36.4 Å². The van der Waals surface area contributed by atoms with Crippen molar-refractivity contribution in [3.63, 3.8) is 0 Å². The van der Waals surface area contributed by atoms with Crippen molar-refractivity contribution in [2.75, 3.05) is 75.2 Å². The van der Waals surface area contributed by atoms with Gasteiger partial charge in [-0.15, -0.1) is 0 Å². The zero-order valence-corrected chi connectivity index (χ0v) is 29.6. The van der Waals surface area contributed by atoms with Gasteiger partial charge in [0.1, 0.15) is 11.5 Å². The summed E-state index contributed by atoms with van der Waals surface area (Å²) in [6.07, 6.45) is -7.67. The van der Waals surface area contributed by atoms with Crippen LogP contribution in [0.3, 0.4) is 0 Å². The maximum atomic E-state index is 13.2. The predicted molar refractivity (Wildman–Crippen MR) is 194 cm³/mol. The standard InChI is InChI=1S/C41H40F6N4O3/c42-40(43,44)32-3-1-5-34(26-32)50-19-15-48(16-20-50)13-11-36(52)28-7-9-38-30(23-28)25-31-24-29(8-10-39(31)54-38)37(53)12-14-49-17-21-51(22-18-49)35-6-2-4-33(27-35)41(45,46)47/h1-10,23-24,26-27H,11-22,25H2. The third-order valence-electron chi connectivity index (χ3n) is 10.5. The molecule has 2 fully saturated rings. The van der Waals surface area contributed by atoms with Crippen molar-refractivity contribution in [3.8, 4) is 11.5 Å². The van der Waals surface area contributed by atoms with E-state index in [0.29, 0.717) is 119 Å². The molecule has 0 N–H and O–H groups in total. The summed E-state index contributed by atoms with van der Waals surface area (Å²) in [6.45, 7) is 5.92. The molecule has 7 rings (SSSR count). The van der Waals surface area contributed by atoms with Crippen LogP contribution < -0.4 is 14.5 Å². The van der Waals surface area contributed by atoms with Crippen molar-refractivity contribution in [1.82, 2.24) is 9.80 Å². The van der Waals surface area contributed by atoms with Crippen LogP contribution in [-0.4, -0.2) is 86.8 Å². The van der Waals surface area contributed by atoms with Crippen LogP contribution in [0, 0.1) is 0 Å². The number of carbonyl (C=O) groups excluding carboxylic acids is 2. The Morgan fingerprint density at radius 2 is 0.944 bits per heavy atom. The lowest BCUT2D eigenvalue weighted by Gasteiger charge is -2.36. The highest BCUT2D eigenvalue weighted by molar-refractivity contribution is 5.97. The molecular formula is C41H40F6N4O3. The maximum Gasteiger partial charge on any atom is 0.416 e. The molecule has 4 aromatic rings. The molecule has 0 bridgehead atoms. The molecule has 3 aliphatic heterocycles. The van der Waals surface area contributed by atoms with Gasteiger partial charge in [-0.05, 0) is 72.8 Å². The fraction of sp³-hybridized carbons (Fsp3) is 0.366. The molecule has 0 aromatic heterocycles. The Hall–Kier alpha value is -4.88. The number of halogens is 6. The summed E-state index contributed by atoms with van der Waals surface area (Å²) in [5.41, 5.74) is 2.61. The van der Waals surface area contributed by atoms with Crippen LogP contribution >= 0.6 is 0 Å². The van der Waals surface area contributed by atoms with Crippen molar-refractivity contribution in [1.29, 1.82) is 0 Å². The predicted octanol–water partition coefficient (Wildman–Crippen LogP) is 8.21. The molecule has 284 valence electrons. The second-order valence-electron chi connectivity index (χ2n) is 14.0. The van der Waals surface area contributed by atoms with E-state index in [1.165, 1.54) is 24.3 Å². The van der Waals surface area contributed by atoms with Gasteiger partial charge in [-0.1, -0.05) is 12.1 Å². The molecule has 0 aliphatic carbocycles. The molecule has 0 saturated carbocycles. The van der Waals surface area contributed by atoms with E-state index in [-0.39, 0.29) is 11.6 Å². The molecule has 4 aromatic carbocycles. The highest BCUT2D eigenvalue weighted by Crippen LogP contribution is 2.38. The van der Waals surface area contributed by atoms with Crippen molar-refractivity contribution in [3.05, 3.63) is 118 Å². The lowest BCUT2D eigenvalue weighted by atomic mass is 9.94. The summed E-state index contributed by atoms with van der Waals surface area (Å²) in [6, 6.07) is 21.5. The summed E-state index contributed by atoms with van der Waals surface area (Å²) < 4.78 is 85.1. The SMILES string of the molecule is O=C(CCN1CCN(c2cccc(C(F)(F)F)c2)CC1)c1ccc2c(c1)Cc1cc(C(=O)CCN3CCN(c4cccc(C(F)(F)F)c4)CC3)ccc1O2. The molecule has 3 heterocycles. The summed E-state index contributed by atoms with van der Waals surface area (Å²) in [5, 5.41) is 0. The summed E-state index contributed by atoms with van der Waals surface area (Å²) in [7, 11) is 0. The zero-order valence-electron chi connectivity index (χ0n) is 29.6. The quantitative estimate of drug-likeness (QED) is 0.105. The first-order valence-electron chi connectivity index (χ1n) is 18.1. The van der Waals surface area contributed by atoms with Crippen LogP contribution in [0.25, 0.3) is 0 Å². The first-order valence-corrected chi connectivity index (χ1v) is 18.1. The van der Waals surface area contributed by atoms with Crippen LogP contribution in [0.2, 0.25) is 0 Å². The number of anilines is 2. The average molecular weight is 751 g/mol. The molecular weight excluding hydrogens is 710 g/mol. The monoisotopic (exact) mass is 750 g/mol. The second-order valence-corrected chi connectivity index (χ2v) is 14.0. The van der Waals surface area contributed by atoms with E-state index >= 15 is 0 Å². The first kappa shape index (κ1) is 37.4. The molecule has 0 amide bonds. The normalized spacial score (nSPS) is 16.8. The number of piperazine rings is 2. The van der Waals surface area contributed by atoms with Gasteiger partial charge in [-0.25, -0.2) is 0 Å². The van der Waals surface area contributed by atoms with Crippen molar-refractivity contribution < 1.29 is 40.7 Å². The van der Waals surface area contributed by atoms with E-state index in [0.717, 1.165) is 23.3 Å². The number of benzene rings is 4. The summed E-state index contributed by atoms with van der Waals surface area (Å²) in [5.74, 6) is 1.30. The number of alkyl halides is 6. The van der Waals surface area contributed by atoms with E-state index in [1.807, 2.05) is 21.9 Å². The Morgan fingerprint density at radius 3 is 1.33 bits per heavy atom. The lowest BCUT2D eigenvalue weighted by molar-refractivity contribution is -0.138. The molecule has 7 nitrogen and oxygen atoms in total. The van der Waals surface area contributed by atoms with Gasteiger partial charge in [0.15, 0.2) is 11.6 Å². The Balaban J connectivity index is 0.882. The fourth-order valence-corrected chi connectivity index (χ4v) is 7.33. The fourth-order valence-electron chi connectivity index (χ4n) is 7.33. The minimum absolute atomic E-state index is 0.0107. The Kier molecular flexibility index (Phi) is 10.7. The number of ether oxygens (including phenoxy) is 1. The number of nitrogens with zero attached hydrogens (tertiary/aromatic N) is 4. The number of Topliss-reactive ketones (excluding diaryl/α,β-unsaturated/α-hetero) is 2. The largest absolute Gasteiger partial charge is 0.457 e. The number of rotatable bonds is 10. The molecule has 3 aliphatic rings. The molecule has 0 spiro atoms. The van der Waals surface area contributed by atoms with Crippen molar-refractivity contribution in [2.45, 2.75) is 31.6 Å². The molecule has 2 saturated heterocycles. The summed E-state index contributed by atoms with van der Waals surface area (Å²) >= 11 is 0. The number of ketones is 2. The van der Waals surface area contributed by atoms with E-state index in [4.69, 9.17) is 4.74 Å². The number of hydrogen-bond donors (Lipinski definition) is 0. The number of fused-ring (bicyclic) bond motifs is 2. The molecule has 13 heteroatoms. The van der Waals surface area contributed by atoms with E-state index in [9.17, 15) is 35.9 Å². The van der Waals surface area contributed by atoms with Crippen LogP contribution in [-0.2, 0) is 18.8 Å². The number of hydrogen-bond acceptors (Lipinski definition) is 7. The van der Waals surface area contributed by atoms with Gasteiger partial charge in [0, 0.05) is 118 Å². The Morgan fingerprint density at radius 1 is 0.537 bits per heavy atom. The maximum absolute atomic E-state index is 13.2. The highest BCUT2D eigenvalue weighted by Gasteiger charge is 2.32. The van der Waals surface area contributed by atoms with E-state index in [2.05, 4.69) is 9.80 Å². The Labute approximate surface area is 309 Å². The van der Waals surface area contributed by atoms with Gasteiger partial charge < -0.3 is 14.5 Å². The van der Waals surface area contributed by atoms with E-state index < -0.39 is 23.5 Å². The topological polar surface area (TPSA) is 56.3 Å². The number of carbonyl (C=O) groups is 2. The second kappa shape index (κ2) is 15.5. The van der Waals surface area contributed by atoms with Gasteiger partial charge in [-0.2, -0.15) is 26.3 Å². The highest BCUT2D eigenvalue weighted by atomic mass is 19.4. The molecule has 0 unspecified atom stereocenters. The third kappa shape index (κ3) is 8.73. The van der Waals surface area contributed by atoms with Crippen molar-refractivity contribution >= 4 is 22.9 Å². The van der Waals surface area contributed by atoms with Gasteiger partial charge >= 0.3 is 12.4 Å². The zero-order chi connectivity index (χ0) is 38.0. The van der Waals surface area contributed by atoms with Crippen LogP contribution in [0.1, 0.15) is 55.8 Å². The first-order chi connectivity index (χ1) is 25.8. The molecule has 54 heavy (non-hydrogen) atoms. The minimum Gasteiger partial charge on any atom is -0.457 e. The van der Waals surface area contributed by atoms with Crippen molar-refractivity contribution in [2.24, 2.45) is 0 Å². The Bertz CT molecular complexity index is 1860. The van der Waals surface area contributed by atoms with Gasteiger partial charge in [0.05, 0.1) is 11.1 Å². The molecule has 0 atom stereocenters. The average Bonchev–Trinajstić information content (AvgIpc) is 3.17. The van der Waals surface area contributed by atoms with Gasteiger partial charge in [-0.3, -0.25) is 19.4 Å². The van der Waals surface area contributed by atoms with Gasteiger partial charge in [0.2, 0.25) is 0 Å². The third-order valence-corrected chi connectivity index (χ3v) is 10.5. The minimum atomic E-state index is -4.39. The van der Waals surface area contributed by atoms with Crippen LogP contribution in [0.15, 0.2) is 84.9 Å². The van der Waals surface area contributed by atoms with Crippen LogP contribution in [0.4, 0.5) is 37.7 Å². The molecule has 0 radical (unpaired) electrons. The lowest BCUT2D eigenvalue weighted by Crippen LogP contribution is -2.47.